The fourth-order valence-electron chi connectivity index (χ4n) is 3.48. The zero-order valence-corrected chi connectivity index (χ0v) is 14.8. The maximum Gasteiger partial charge on any atom is 0.223 e. The fourth-order valence-corrected chi connectivity index (χ4v) is 3.48. The van der Waals surface area contributed by atoms with Gasteiger partial charge in [0.25, 0.3) is 0 Å². The van der Waals surface area contributed by atoms with E-state index in [1.807, 2.05) is 24.3 Å². The Kier molecular flexibility index (Phi) is 3.92. The number of fused-ring (bicyclic) bond motifs is 2. The smallest absolute Gasteiger partial charge is 0.223 e. The van der Waals surface area contributed by atoms with Crippen molar-refractivity contribution in [1.82, 2.24) is 15.0 Å². The lowest BCUT2D eigenvalue weighted by atomic mass is 10.0. The number of H-pyrrole nitrogens is 1. The van der Waals surface area contributed by atoms with Crippen LogP contribution in [0.25, 0.3) is 11.0 Å². The van der Waals surface area contributed by atoms with Crippen LogP contribution in [-0.4, -0.2) is 27.4 Å². The molecule has 1 atom stereocenters. The number of rotatable bonds is 2. The standard InChI is InChI=1S/C20H19N5O/c1-12(20-23-16-6-5-14(11-21)10-18(16)24-20)15-7-8-19-17(22-15)4-3-9-25(19)13(2)26/h5-8,10,12H,3-4,9H2,1-2H3,(H,23,24). The molecular formula is C20H19N5O. The second kappa shape index (κ2) is 6.26. The number of imidazole rings is 1. The molecule has 6 heteroatoms. The Labute approximate surface area is 151 Å². The summed E-state index contributed by atoms with van der Waals surface area (Å²) in [6, 6.07) is 11.5. The van der Waals surface area contributed by atoms with Gasteiger partial charge < -0.3 is 9.88 Å². The number of aromatic amines is 1. The summed E-state index contributed by atoms with van der Waals surface area (Å²) in [7, 11) is 0. The molecule has 26 heavy (non-hydrogen) atoms. The monoisotopic (exact) mass is 345 g/mol. The minimum Gasteiger partial charge on any atom is -0.341 e. The van der Waals surface area contributed by atoms with Crippen molar-refractivity contribution < 1.29 is 4.79 Å². The molecule has 1 N–H and O–H groups in total. The number of aromatic nitrogens is 3. The van der Waals surface area contributed by atoms with Gasteiger partial charge in [0.1, 0.15) is 5.82 Å². The van der Waals surface area contributed by atoms with Crippen molar-refractivity contribution in [1.29, 1.82) is 5.26 Å². The first kappa shape index (κ1) is 16.3. The highest BCUT2D eigenvalue weighted by molar-refractivity contribution is 5.92. The van der Waals surface area contributed by atoms with Crippen LogP contribution in [0, 0.1) is 11.3 Å². The van der Waals surface area contributed by atoms with Crippen LogP contribution in [0.4, 0.5) is 5.69 Å². The van der Waals surface area contributed by atoms with Gasteiger partial charge in [0.2, 0.25) is 5.91 Å². The summed E-state index contributed by atoms with van der Waals surface area (Å²) < 4.78 is 0. The molecule has 0 saturated heterocycles. The molecule has 1 aliphatic heterocycles. The van der Waals surface area contributed by atoms with Crippen LogP contribution < -0.4 is 4.90 Å². The molecule has 3 heterocycles. The van der Waals surface area contributed by atoms with Crippen LogP contribution in [-0.2, 0) is 11.2 Å². The van der Waals surface area contributed by atoms with Crippen molar-refractivity contribution in [3.8, 4) is 6.07 Å². The summed E-state index contributed by atoms with van der Waals surface area (Å²) in [5.41, 5.74) is 5.12. The molecule has 2 aromatic heterocycles. The van der Waals surface area contributed by atoms with Crippen molar-refractivity contribution in [3.63, 3.8) is 0 Å². The van der Waals surface area contributed by atoms with Crippen LogP contribution >= 0.6 is 0 Å². The average Bonchev–Trinajstić information content (AvgIpc) is 3.09. The SMILES string of the molecule is CC(=O)N1CCCc2nc(C(C)c3nc4ccc(C#N)cc4[nH]3)ccc21. The first-order valence-electron chi connectivity index (χ1n) is 8.74. The molecule has 0 radical (unpaired) electrons. The molecule has 0 spiro atoms. The molecule has 1 aromatic carbocycles. The number of carbonyl (C=O) groups excluding carboxylic acids is 1. The first-order valence-corrected chi connectivity index (χ1v) is 8.74. The summed E-state index contributed by atoms with van der Waals surface area (Å²) in [5, 5.41) is 9.04. The largest absolute Gasteiger partial charge is 0.341 e. The Hall–Kier alpha value is -3.20. The second-order valence-corrected chi connectivity index (χ2v) is 6.66. The van der Waals surface area contributed by atoms with E-state index < -0.39 is 0 Å². The van der Waals surface area contributed by atoms with Gasteiger partial charge in [0.05, 0.1) is 45.7 Å². The summed E-state index contributed by atoms with van der Waals surface area (Å²) >= 11 is 0. The van der Waals surface area contributed by atoms with Crippen molar-refractivity contribution in [2.75, 3.05) is 11.4 Å². The van der Waals surface area contributed by atoms with Gasteiger partial charge in [-0.25, -0.2) is 4.98 Å². The number of carbonyl (C=O) groups is 1. The molecule has 130 valence electrons. The third-order valence-electron chi connectivity index (χ3n) is 4.92. The quantitative estimate of drug-likeness (QED) is 0.772. The van der Waals surface area contributed by atoms with Gasteiger partial charge in [0, 0.05) is 13.5 Å². The van der Waals surface area contributed by atoms with Gasteiger partial charge >= 0.3 is 0 Å². The van der Waals surface area contributed by atoms with E-state index in [-0.39, 0.29) is 11.8 Å². The predicted octanol–water partition coefficient (Wildman–Crippen LogP) is 3.28. The molecule has 1 amide bonds. The Bertz CT molecular complexity index is 1050. The third-order valence-corrected chi connectivity index (χ3v) is 4.92. The van der Waals surface area contributed by atoms with Gasteiger partial charge in [-0.3, -0.25) is 9.78 Å². The number of hydrogen-bond acceptors (Lipinski definition) is 4. The normalized spacial score (nSPS) is 14.7. The summed E-state index contributed by atoms with van der Waals surface area (Å²) in [6.45, 7) is 4.41. The van der Waals surface area contributed by atoms with Crippen molar-refractivity contribution in [2.24, 2.45) is 0 Å². The van der Waals surface area contributed by atoms with Crippen LogP contribution in [0.3, 0.4) is 0 Å². The number of anilines is 1. The fraction of sp³-hybridized carbons (Fsp3) is 0.300. The van der Waals surface area contributed by atoms with Gasteiger partial charge in [-0.1, -0.05) is 0 Å². The van der Waals surface area contributed by atoms with Crippen LogP contribution in [0.5, 0.6) is 0 Å². The molecule has 0 bridgehead atoms. The minimum absolute atomic E-state index is 0.00839. The van der Waals surface area contributed by atoms with E-state index >= 15 is 0 Å². The highest BCUT2D eigenvalue weighted by Crippen LogP contribution is 2.30. The second-order valence-electron chi connectivity index (χ2n) is 6.66. The molecule has 0 saturated carbocycles. The maximum absolute atomic E-state index is 11.8. The zero-order valence-electron chi connectivity index (χ0n) is 14.8. The van der Waals surface area contributed by atoms with Crippen LogP contribution in [0.15, 0.2) is 30.3 Å². The molecule has 1 unspecified atom stereocenters. The molecule has 1 aliphatic rings. The van der Waals surface area contributed by atoms with Crippen molar-refractivity contribution >= 4 is 22.6 Å². The number of aryl methyl sites for hydroxylation is 1. The van der Waals surface area contributed by atoms with Gasteiger partial charge in [-0.2, -0.15) is 5.26 Å². The van der Waals surface area contributed by atoms with Crippen molar-refractivity contribution in [2.45, 2.75) is 32.6 Å². The van der Waals surface area contributed by atoms with Gasteiger partial charge in [-0.15, -0.1) is 0 Å². The lowest BCUT2D eigenvalue weighted by Gasteiger charge is -2.28. The topological polar surface area (TPSA) is 85.7 Å². The zero-order chi connectivity index (χ0) is 18.3. The highest BCUT2D eigenvalue weighted by atomic mass is 16.2. The number of amides is 1. The molecule has 4 rings (SSSR count). The van der Waals surface area contributed by atoms with E-state index in [0.717, 1.165) is 53.3 Å². The molecule has 6 nitrogen and oxygen atoms in total. The summed E-state index contributed by atoms with van der Waals surface area (Å²) in [4.78, 5) is 26.4. The lowest BCUT2D eigenvalue weighted by molar-refractivity contribution is -0.116. The Morgan fingerprint density at radius 3 is 2.92 bits per heavy atom. The molecule has 3 aromatic rings. The molecule has 0 fully saturated rings. The van der Waals surface area contributed by atoms with E-state index in [1.54, 1.807) is 17.9 Å². The number of nitrogens with zero attached hydrogens (tertiary/aromatic N) is 4. The van der Waals surface area contributed by atoms with E-state index in [1.165, 1.54) is 0 Å². The third kappa shape index (κ3) is 2.72. The van der Waals surface area contributed by atoms with E-state index in [9.17, 15) is 4.79 Å². The minimum atomic E-state index is -0.00839. The Morgan fingerprint density at radius 1 is 1.31 bits per heavy atom. The highest BCUT2D eigenvalue weighted by Gasteiger charge is 2.23. The van der Waals surface area contributed by atoms with Gasteiger partial charge in [0.15, 0.2) is 0 Å². The van der Waals surface area contributed by atoms with E-state index in [2.05, 4.69) is 23.0 Å². The summed E-state index contributed by atoms with van der Waals surface area (Å²) in [6.07, 6.45) is 1.81. The number of nitriles is 1. The number of hydrogen-bond donors (Lipinski definition) is 1. The number of nitrogens with one attached hydrogen (secondary N) is 1. The Balaban J connectivity index is 1.69. The van der Waals surface area contributed by atoms with Crippen LogP contribution in [0.2, 0.25) is 0 Å². The maximum atomic E-state index is 11.8. The van der Waals surface area contributed by atoms with Gasteiger partial charge in [-0.05, 0) is 50.1 Å². The number of pyridine rings is 1. The van der Waals surface area contributed by atoms with Crippen molar-refractivity contribution in [3.05, 3.63) is 53.1 Å². The van der Waals surface area contributed by atoms with Crippen LogP contribution in [0.1, 0.15) is 49.0 Å². The van der Waals surface area contributed by atoms with E-state index in [4.69, 9.17) is 10.2 Å². The van der Waals surface area contributed by atoms with E-state index in [0.29, 0.717) is 5.56 Å². The summed E-state index contributed by atoms with van der Waals surface area (Å²) in [5.74, 6) is 0.867. The first-order chi connectivity index (χ1) is 12.6. The number of benzene rings is 1. The lowest BCUT2D eigenvalue weighted by Crippen LogP contribution is -2.34. The Morgan fingerprint density at radius 2 is 2.15 bits per heavy atom. The molecule has 0 aliphatic carbocycles. The predicted molar refractivity (Wildman–Crippen MR) is 98.9 cm³/mol. The molecular weight excluding hydrogens is 326 g/mol. The average molecular weight is 345 g/mol.